The second kappa shape index (κ2) is 5.76. The molecule has 3 aromatic rings. The smallest absolute Gasteiger partial charge is 0.244 e. The zero-order valence-electron chi connectivity index (χ0n) is 12.9. The van der Waals surface area contributed by atoms with Crippen molar-refractivity contribution < 1.29 is 9.13 Å². The van der Waals surface area contributed by atoms with Gasteiger partial charge in [0.15, 0.2) is 0 Å². The fraction of sp³-hybridized carbons (Fsp3) is 0.0556. The Morgan fingerprint density at radius 1 is 1.20 bits per heavy atom. The van der Waals surface area contributed by atoms with Crippen LogP contribution in [0.15, 0.2) is 60.1 Å². The Morgan fingerprint density at radius 2 is 2.00 bits per heavy atom. The van der Waals surface area contributed by atoms with E-state index in [2.05, 4.69) is 21.3 Å². The highest BCUT2D eigenvalue weighted by Gasteiger charge is 2.35. The number of ether oxygens (including phenoxy) is 1. The molecular formula is C18H12FN5O. The van der Waals surface area contributed by atoms with E-state index in [0.29, 0.717) is 22.5 Å². The molecule has 1 aliphatic rings. The van der Waals surface area contributed by atoms with Crippen molar-refractivity contribution in [2.24, 2.45) is 5.73 Å². The fourth-order valence-electron chi connectivity index (χ4n) is 2.94. The molecule has 0 radical (unpaired) electrons. The van der Waals surface area contributed by atoms with Crippen molar-refractivity contribution in [3.05, 3.63) is 77.1 Å². The van der Waals surface area contributed by atoms with Crippen LogP contribution in [0.3, 0.4) is 0 Å². The number of allylic oxidation sites excluding steroid dienone is 1. The Labute approximate surface area is 142 Å². The molecule has 0 saturated heterocycles. The van der Waals surface area contributed by atoms with Crippen molar-refractivity contribution in [3.63, 3.8) is 0 Å². The molecule has 2 aromatic heterocycles. The maximum atomic E-state index is 13.3. The molecule has 0 aliphatic carbocycles. The number of nitrogens with two attached hydrogens (primary N) is 1. The van der Waals surface area contributed by atoms with Gasteiger partial charge < -0.3 is 10.5 Å². The fourth-order valence-corrected chi connectivity index (χ4v) is 2.94. The van der Waals surface area contributed by atoms with Gasteiger partial charge in [-0.15, -0.1) is 5.10 Å². The standard InChI is InChI=1S/C18H12FN5O/c19-11-6-4-10(5-7-11)14-12(9-20)17(21)25-18-15(14)16(23-24-18)13-3-1-2-8-22-13/h1-8,14H,21H2,(H,23,24)/t14-/m1/s1. The Balaban J connectivity index is 1.95. The maximum Gasteiger partial charge on any atom is 0.244 e. The number of nitrogens with zero attached hydrogens (tertiary/aromatic N) is 3. The molecule has 0 fully saturated rings. The van der Waals surface area contributed by atoms with E-state index in [1.807, 2.05) is 12.1 Å². The van der Waals surface area contributed by atoms with Gasteiger partial charge in [-0.3, -0.25) is 10.1 Å². The molecule has 3 heterocycles. The summed E-state index contributed by atoms with van der Waals surface area (Å²) in [7, 11) is 0. The van der Waals surface area contributed by atoms with Gasteiger partial charge in [0.05, 0.1) is 22.9 Å². The predicted octanol–water partition coefficient (Wildman–Crippen LogP) is 2.83. The first-order valence-electron chi connectivity index (χ1n) is 7.51. The first-order valence-corrected chi connectivity index (χ1v) is 7.51. The van der Waals surface area contributed by atoms with E-state index in [0.717, 1.165) is 0 Å². The third kappa shape index (κ3) is 2.40. The summed E-state index contributed by atoms with van der Waals surface area (Å²) in [5.41, 5.74) is 8.80. The highest BCUT2D eigenvalue weighted by atomic mass is 19.1. The van der Waals surface area contributed by atoms with Crippen molar-refractivity contribution in [2.45, 2.75) is 5.92 Å². The van der Waals surface area contributed by atoms with Crippen LogP contribution >= 0.6 is 0 Å². The van der Waals surface area contributed by atoms with Crippen LogP contribution in [0.5, 0.6) is 5.88 Å². The molecule has 1 aliphatic heterocycles. The van der Waals surface area contributed by atoms with E-state index in [1.54, 1.807) is 24.4 Å². The minimum absolute atomic E-state index is 0.0107. The van der Waals surface area contributed by atoms with Gasteiger partial charge in [-0.1, -0.05) is 18.2 Å². The van der Waals surface area contributed by atoms with Crippen molar-refractivity contribution in [2.75, 3.05) is 0 Å². The lowest BCUT2D eigenvalue weighted by Gasteiger charge is -2.23. The van der Waals surface area contributed by atoms with Crippen LogP contribution in [0.25, 0.3) is 11.4 Å². The number of halogens is 1. The largest absolute Gasteiger partial charge is 0.420 e. The summed E-state index contributed by atoms with van der Waals surface area (Å²) in [5.74, 6) is -0.608. The van der Waals surface area contributed by atoms with Crippen LogP contribution < -0.4 is 10.5 Å². The summed E-state index contributed by atoms with van der Waals surface area (Å²) >= 11 is 0. The second-order valence-corrected chi connectivity index (χ2v) is 5.51. The van der Waals surface area contributed by atoms with Gasteiger partial charge in [0.25, 0.3) is 0 Å². The van der Waals surface area contributed by atoms with Gasteiger partial charge in [-0.2, -0.15) is 5.26 Å². The third-order valence-corrected chi connectivity index (χ3v) is 4.06. The number of nitrogens with one attached hydrogen (secondary N) is 1. The first-order chi connectivity index (χ1) is 12.2. The topological polar surface area (TPSA) is 101 Å². The van der Waals surface area contributed by atoms with Crippen LogP contribution in [-0.4, -0.2) is 15.2 Å². The molecule has 0 unspecified atom stereocenters. The van der Waals surface area contributed by atoms with Gasteiger partial charge in [-0.05, 0) is 29.8 Å². The molecule has 0 spiro atoms. The van der Waals surface area contributed by atoms with Gasteiger partial charge in [0.1, 0.15) is 17.5 Å². The average molecular weight is 333 g/mol. The highest BCUT2D eigenvalue weighted by molar-refractivity contribution is 5.68. The SMILES string of the molecule is N#CC1=C(N)Oc2n[nH]c(-c3ccccn3)c2[C@@H]1c1ccc(F)cc1. The number of pyridine rings is 1. The number of benzene rings is 1. The van der Waals surface area contributed by atoms with E-state index in [1.165, 1.54) is 12.1 Å². The van der Waals surface area contributed by atoms with E-state index >= 15 is 0 Å². The molecule has 1 aromatic carbocycles. The van der Waals surface area contributed by atoms with Gasteiger partial charge in [0.2, 0.25) is 11.8 Å². The number of aromatic nitrogens is 3. The quantitative estimate of drug-likeness (QED) is 0.751. The first kappa shape index (κ1) is 14.9. The average Bonchev–Trinajstić information content (AvgIpc) is 3.05. The van der Waals surface area contributed by atoms with Gasteiger partial charge >= 0.3 is 0 Å². The van der Waals surface area contributed by atoms with Crippen LogP contribution in [0, 0.1) is 17.1 Å². The minimum Gasteiger partial charge on any atom is -0.420 e. The van der Waals surface area contributed by atoms with E-state index < -0.39 is 5.92 Å². The number of rotatable bonds is 2. The van der Waals surface area contributed by atoms with Crippen LogP contribution in [-0.2, 0) is 0 Å². The zero-order chi connectivity index (χ0) is 17.4. The molecule has 0 bridgehead atoms. The van der Waals surface area contributed by atoms with Crippen molar-refractivity contribution >= 4 is 0 Å². The Kier molecular flexibility index (Phi) is 3.43. The van der Waals surface area contributed by atoms with Gasteiger partial charge in [0, 0.05) is 6.20 Å². The highest BCUT2D eigenvalue weighted by Crippen LogP contribution is 2.45. The Bertz CT molecular complexity index is 1000. The van der Waals surface area contributed by atoms with Crippen LogP contribution in [0.2, 0.25) is 0 Å². The van der Waals surface area contributed by atoms with Gasteiger partial charge in [-0.25, -0.2) is 4.39 Å². The number of hydrogen-bond acceptors (Lipinski definition) is 5. The molecular weight excluding hydrogens is 321 g/mol. The van der Waals surface area contributed by atoms with Crippen molar-refractivity contribution in [1.82, 2.24) is 15.2 Å². The number of H-pyrrole nitrogens is 1. The lowest BCUT2D eigenvalue weighted by atomic mass is 9.83. The van der Waals surface area contributed by atoms with Crippen molar-refractivity contribution in [1.29, 1.82) is 5.26 Å². The number of fused-ring (bicyclic) bond motifs is 1. The van der Waals surface area contributed by atoms with Crippen LogP contribution in [0.1, 0.15) is 17.0 Å². The minimum atomic E-state index is -0.523. The third-order valence-electron chi connectivity index (χ3n) is 4.06. The summed E-state index contributed by atoms with van der Waals surface area (Å²) < 4.78 is 18.8. The lowest BCUT2D eigenvalue weighted by molar-refractivity contribution is 0.379. The zero-order valence-corrected chi connectivity index (χ0v) is 12.9. The second-order valence-electron chi connectivity index (χ2n) is 5.51. The predicted molar refractivity (Wildman–Crippen MR) is 87.5 cm³/mol. The molecule has 1 atom stereocenters. The molecule has 4 rings (SSSR count). The lowest BCUT2D eigenvalue weighted by Crippen LogP contribution is -2.21. The number of aromatic amines is 1. The molecule has 0 amide bonds. The molecule has 25 heavy (non-hydrogen) atoms. The summed E-state index contributed by atoms with van der Waals surface area (Å²) in [6.45, 7) is 0. The normalized spacial score (nSPS) is 16.1. The maximum absolute atomic E-state index is 13.3. The Morgan fingerprint density at radius 3 is 2.68 bits per heavy atom. The van der Waals surface area contributed by atoms with E-state index in [9.17, 15) is 9.65 Å². The molecule has 6 nitrogen and oxygen atoms in total. The number of hydrogen-bond donors (Lipinski definition) is 2. The molecule has 3 N–H and O–H groups in total. The summed E-state index contributed by atoms with van der Waals surface area (Å²) in [4.78, 5) is 4.32. The van der Waals surface area contributed by atoms with Crippen molar-refractivity contribution in [3.8, 4) is 23.3 Å². The van der Waals surface area contributed by atoms with E-state index in [4.69, 9.17) is 10.5 Å². The number of nitriles is 1. The Hall–Kier alpha value is -3.66. The monoisotopic (exact) mass is 333 g/mol. The molecule has 7 heteroatoms. The summed E-state index contributed by atoms with van der Waals surface area (Å²) in [5, 5.41) is 16.7. The van der Waals surface area contributed by atoms with Crippen LogP contribution in [0.4, 0.5) is 4.39 Å². The molecule has 122 valence electrons. The summed E-state index contributed by atoms with van der Waals surface area (Å²) in [6, 6.07) is 13.5. The molecule has 0 saturated carbocycles. The van der Waals surface area contributed by atoms with E-state index in [-0.39, 0.29) is 23.2 Å². The summed E-state index contributed by atoms with van der Waals surface area (Å²) in [6.07, 6.45) is 1.66.